The van der Waals surface area contributed by atoms with E-state index >= 15 is 0 Å². The number of benzene rings is 1. The second kappa shape index (κ2) is 8.53. The summed E-state index contributed by atoms with van der Waals surface area (Å²) in [7, 11) is 0. The minimum Gasteiger partial charge on any atom is -0.490 e. The maximum Gasteiger partial charge on any atom is 0.261 e. The minimum atomic E-state index is 0.0522. The molecule has 0 unspecified atom stereocenters. The van der Waals surface area contributed by atoms with Gasteiger partial charge in [-0.25, -0.2) is 0 Å². The third-order valence-corrected chi connectivity index (χ3v) is 6.65. The van der Waals surface area contributed by atoms with Crippen LogP contribution in [0.15, 0.2) is 30.3 Å². The Labute approximate surface area is 169 Å². The fourth-order valence-corrected chi connectivity index (χ4v) is 4.99. The van der Waals surface area contributed by atoms with Gasteiger partial charge >= 0.3 is 0 Å². The summed E-state index contributed by atoms with van der Waals surface area (Å²) < 4.78 is 5.73. The third kappa shape index (κ3) is 4.41. The molecule has 4 nitrogen and oxygen atoms in total. The predicted molar refractivity (Wildman–Crippen MR) is 112 cm³/mol. The maximum absolute atomic E-state index is 12.7. The van der Waals surface area contributed by atoms with Gasteiger partial charge in [0.05, 0.1) is 22.1 Å². The first kappa shape index (κ1) is 18.6. The van der Waals surface area contributed by atoms with Crippen LogP contribution < -0.4 is 15.0 Å². The lowest BCUT2D eigenvalue weighted by Crippen LogP contribution is -2.34. The number of thiophene rings is 1. The van der Waals surface area contributed by atoms with E-state index in [-0.39, 0.29) is 5.91 Å². The molecule has 0 radical (unpaired) electrons. The Morgan fingerprint density at radius 2 is 1.89 bits per heavy atom. The highest BCUT2D eigenvalue weighted by atomic mass is 35.5. The van der Waals surface area contributed by atoms with Gasteiger partial charge in [0.2, 0.25) is 0 Å². The number of fused-ring (bicyclic) bond motifs is 1. The fourth-order valence-electron chi connectivity index (χ4n) is 3.87. The molecule has 0 spiro atoms. The van der Waals surface area contributed by atoms with Gasteiger partial charge in [0, 0.05) is 11.1 Å². The highest BCUT2D eigenvalue weighted by Gasteiger charge is 2.23. The first-order valence-electron chi connectivity index (χ1n) is 9.81. The van der Waals surface area contributed by atoms with Gasteiger partial charge < -0.3 is 15.0 Å². The molecule has 2 aliphatic rings. The number of nitrogens with zero attached hydrogens (tertiary/aromatic N) is 1. The Hall–Kier alpha value is -1.72. The van der Waals surface area contributed by atoms with Gasteiger partial charge in [-0.2, -0.15) is 0 Å². The fraction of sp³-hybridized carbons (Fsp3) is 0.476. The third-order valence-electron chi connectivity index (χ3n) is 5.31. The zero-order valence-electron chi connectivity index (χ0n) is 15.4. The van der Waals surface area contributed by atoms with Crippen molar-refractivity contribution in [3.8, 4) is 5.75 Å². The Kier molecular flexibility index (Phi) is 5.89. The molecule has 1 aromatic heterocycles. The molecule has 1 aliphatic heterocycles. The average Bonchev–Trinajstić information content (AvgIpc) is 3.13. The van der Waals surface area contributed by atoms with Crippen molar-refractivity contribution in [2.24, 2.45) is 0 Å². The van der Waals surface area contributed by atoms with E-state index < -0.39 is 0 Å². The number of anilines is 2. The molecule has 1 amide bonds. The molecule has 0 bridgehead atoms. The molecule has 2 heterocycles. The lowest BCUT2D eigenvalue weighted by atomic mass is 9.97. The van der Waals surface area contributed by atoms with Gasteiger partial charge in [-0.1, -0.05) is 43.7 Å². The summed E-state index contributed by atoms with van der Waals surface area (Å²) in [5, 5.41) is 4.98. The summed E-state index contributed by atoms with van der Waals surface area (Å²) in [6, 6.07) is 9.92. The van der Waals surface area contributed by atoms with E-state index in [1.807, 2.05) is 30.3 Å². The molecule has 1 N–H and O–H groups in total. The SMILES string of the molecule is O=C(NC1CCCCCCC1)c1ccc(N2CCOc3ccc(Cl)cc32)s1. The zero-order chi connectivity index (χ0) is 18.6. The van der Waals surface area contributed by atoms with Crippen molar-refractivity contribution < 1.29 is 9.53 Å². The summed E-state index contributed by atoms with van der Waals surface area (Å²) >= 11 is 7.71. The lowest BCUT2D eigenvalue weighted by molar-refractivity contribution is 0.0934. The molecule has 1 aliphatic carbocycles. The van der Waals surface area contributed by atoms with Crippen LogP contribution in [0.3, 0.4) is 0 Å². The summed E-state index contributed by atoms with van der Waals surface area (Å²) in [5.41, 5.74) is 0.961. The molecule has 144 valence electrons. The molecule has 0 atom stereocenters. The molecule has 1 saturated carbocycles. The topological polar surface area (TPSA) is 41.6 Å². The van der Waals surface area contributed by atoms with Gasteiger partial charge in [-0.3, -0.25) is 4.79 Å². The van der Waals surface area contributed by atoms with Crippen LogP contribution in [0.5, 0.6) is 5.75 Å². The molecule has 1 fully saturated rings. The number of hydrogen-bond donors (Lipinski definition) is 1. The van der Waals surface area contributed by atoms with E-state index in [9.17, 15) is 4.79 Å². The first-order valence-corrected chi connectivity index (χ1v) is 11.0. The largest absolute Gasteiger partial charge is 0.490 e. The smallest absolute Gasteiger partial charge is 0.261 e. The molecule has 6 heteroatoms. The van der Waals surface area contributed by atoms with Crippen LogP contribution in [0.4, 0.5) is 10.7 Å². The quantitative estimate of drug-likeness (QED) is 0.705. The number of rotatable bonds is 3. The highest BCUT2D eigenvalue weighted by Crippen LogP contribution is 2.40. The molecule has 27 heavy (non-hydrogen) atoms. The molecule has 2 aromatic rings. The number of ether oxygens (including phenoxy) is 1. The first-order chi connectivity index (χ1) is 13.2. The summed E-state index contributed by atoms with van der Waals surface area (Å²) in [6.45, 7) is 1.37. The molecular formula is C21H25ClN2O2S. The number of nitrogens with one attached hydrogen (secondary N) is 1. The van der Waals surface area contributed by atoms with Gasteiger partial charge in [0.1, 0.15) is 12.4 Å². The number of halogens is 1. The van der Waals surface area contributed by atoms with Crippen LogP contribution in [0.2, 0.25) is 5.02 Å². The zero-order valence-corrected chi connectivity index (χ0v) is 17.0. The van der Waals surface area contributed by atoms with Crippen LogP contribution in [-0.4, -0.2) is 25.1 Å². The van der Waals surface area contributed by atoms with Crippen LogP contribution in [0.1, 0.15) is 54.6 Å². The Balaban J connectivity index is 1.47. The second-order valence-corrected chi connectivity index (χ2v) is 8.76. The van der Waals surface area contributed by atoms with Crippen LogP contribution in [-0.2, 0) is 0 Å². The number of carbonyl (C=O) groups is 1. The molecule has 1 aromatic carbocycles. The summed E-state index contributed by atoms with van der Waals surface area (Å²) in [4.78, 5) is 15.7. The highest BCUT2D eigenvalue weighted by molar-refractivity contribution is 7.18. The summed E-state index contributed by atoms with van der Waals surface area (Å²) in [5.74, 6) is 0.885. The van der Waals surface area contributed by atoms with E-state index in [1.54, 1.807) is 0 Å². The summed E-state index contributed by atoms with van der Waals surface area (Å²) in [6.07, 6.45) is 8.53. The monoisotopic (exact) mass is 404 g/mol. The van der Waals surface area contributed by atoms with Crippen molar-refractivity contribution in [2.45, 2.75) is 51.0 Å². The molecule has 4 rings (SSSR count). The Morgan fingerprint density at radius 3 is 2.70 bits per heavy atom. The van der Waals surface area contributed by atoms with Crippen molar-refractivity contribution in [3.63, 3.8) is 0 Å². The van der Waals surface area contributed by atoms with Crippen LogP contribution in [0, 0.1) is 0 Å². The average molecular weight is 405 g/mol. The van der Waals surface area contributed by atoms with Crippen molar-refractivity contribution in [2.75, 3.05) is 18.1 Å². The minimum absolute atomic E-state index is 0.0522. The van der Waals surface area contributed by atoms with Crippen LogP contribution >= 0.6 is 22.9 Å². The molecular weight excluding hydrogens is 380 g/mol. The van der Waals surface area contributed by atoms with E-state index in [2.05, 4.69) is 10.2 Å². The molecule has 0 saturated heterocycles. The van der Waals surface area contributed by atoms with E-state index in [1.165, 1.54) is 43.4 Å². The van der Waals surface area contributed by atoms with Crippen molar-refractivity contribution >= 4 is 39.5 Å². The van der Waals surface area contributed by atoms with Crippen LogP contribution in [0.25, 0.3) is 0 Å². The Bertz CT molecular complexity index is 799. The van der Waals surface area contributed by atoms with Gasteiger partial charge in [0.25, 0.3) is 5.91 Å². The second-order valence-electron chi connectivity index (χ2n) is 7.27. The van der Waals surface area contributed by atoms with Gasteiger partial charge in [0.15, 0.2) is 0 Å². The number of carbonyl (C=O) groups excluding carboxylic acids is 1. The number of hydrogen-bond acceptors (Lipinski definition) is 4. The van der Waals surface area contributed by atoms with E-state index in [4.69, 9.17) is 16.3 Å². The lowest BCUT2D eigenvalue weighted by Gasteiger charge is -2.30. The van der Waals surface area contributed by atoms with Gasteiger partial charge in [-0.05, 0) is 43.2 Å². The Morgan fingerprint density at radius 1 is 1.11 bits per heavy atom. The van der Waals surface area contributed by atoms with Crippen molar-refractivity contribution in [1.82, 2.24) is 5.32 Å². The predicted octanol–water partition coefficient (Wildman–Crippen LogP) is 5.77. The standard InChI is InChI=1S/C21H25ClN2O2S/c22-15-8-9-18-17(14-15)24(12-13-26-18)20-11-10-19(27-20)21(25)23-16-6-4-2-1-3-5-7-16/h8-11,14,16H,1-7,12-13H2,(H,23,25). The van der Waals surface area contributed by atoms with Crippen molar-refractivity contribution in [3.05, 3.63) is 40.2 Å². The number of amides is 1. The van der Waals surface area contributed by atoms with Gasteiger partial charge in [-0.15, -0.1) is 11.3 Å². The van der Waals surface area contributed by atoms with E-state index in [0.29, 0.717) is 17.7 Å². The van der Waals surface area contributed by atoms with E-state index in [0.717, 1.165) is 40.7 Å². The normalized spacial score (nSPS) is 18.2. The maximum atomic E-state index is 12.7. The van der Waals surface area contributed by atoms with Crippen molar-refractivity contribution in [1.29, 1.82) is 0 Å².